The first-order valence-corrected chi connectivity index (χ1v) is 14.1. The van der Waals surface area contributed by atoms with Gasteiger partial charge in [0.2, 0.25) is 0 Å². The minimum atomic E-state index is -0.595. The van der Waals surface area contributed by atoms with Crippen molar-refractivity contribution >= 4 is 39.5 Å². The Balaban J connectivity index is 1.42. The van der Waals surface area contributed by atoms with Gasteiger partial charge in [0.15, 0.2) is 0 Å². The minimum Gasteiger partial charge on any atom is -0.491 e. The highest BCUT2D eigenvalue weighted by Crippen LogP contribution is 2.47. The van der Waals surface area contributed by atoms with Crippen LogP contribution in [-0.2, 0) is 9.53 Å². The second-order valence-corrected chi connectivity index (χ2v) is 14.7. The molecule has 37 heavy (non-hydrogen) atoms. The number of alkyl halides is 1. The lowest BCUT2D eigenvalue weighted by molar-refractivity contribution is -0.163. The van der Waals surface area contributed by atoms with Gasteiger partial charge in [0.05, 0.1) is 18.1 Å². The molecular formula is C31H41IO5. The molecule has 0 amide bonds. The van der Waals surface area contributed by atoms with E-state index in [1.54, 1.807) is 0 Å². The first-order valence-electron chi connectivity index (χ1n) is 13.0. The zero-order valence-electron chi connectivity index (χ0n) is 23.0. The van der Waals surface area contributed by atoms with Gasteiger partial charge in [-0.3, -0.25) is 4.79 Å². The van der Waals surface area contributed by atoms with Crippen LogP contribution in [-0.4, -0.2) is 33.8 Å². The van der Waals surface area contributed by atoms with Crippen molar-refractivity contribution in [1.29, 1.82) is 0 Å². The lowest BCUT2D eigenvalue weighted by Gasteiger charge is -2.42. The molecule has 5 nitrogen and oxygen atoms in total. The SMILES string of the molecule is CC(C)(I)CC(C)(C(=O)OCCCCC(O)COc1ccc2cc(-c3ccccc3)oc2c1)C(C)(C)C. The molecule has 0 saturated heterocycles. The number of hydrogen-bond acceptors (Lipinski definition) is 5. The average molecular weight is 621 g/mol. The molecule has 3 rings (SSSR count). The molecule has 1 N–H and O–H groups in total. The first kappa shape index (κ1) is 29.5. The third kappa shape index (κ3) is 8.21. The summed E-state index contributed by atoms with van der Waals surface area (Å²) in [5, 5.41) is 11.4. The van der Waals surface area contributed by atoms with E-state index in [1.807, 2.05) is 61.5 Å². The van der Waals surface area contributed by atoms with Crippen molar-refractivity contribution in [3.63, 3.8) is 0 Å². The summed E-state index contributed by atoms with van der Waals surface area (Å²) in [7, 11) is 0. The predicted molar refractivity (Wildman–Crippen MR) is 158 cm³/mol. The maximum absolute atomic E-state index is 13.0. The van der Waals surface area contributed by atoms with E-state index in [4.69, 9.17) is 13.9 Å². The van der Waals surface area contributed by atoms with Crippen LogP contribution in [0.4, 0.5) is 0 Å². The fourth-order valence-corrected chi connectivity index (χ4v) is 5.17. The van der Waals surface area contributed by atoms with Gasteiger partial charge in [-0.1, -0.05) is 87.5 Å². The van der Waals surface area contributed by atoms with Crippen molar-refractivity contribution in [2.45, 2.75) is 76.8 Å². The molecule has 1 aromatic heterocycles. The number of carbonyl (C=O) groups excluding carboxylic acids is 1. The van der Waals surface area contributed by atoms with Gasteiger partial charge in [-0.25, -0.2) is 0 Å². The van der Waals surface area contributed by atoms with Gasteiger partial charge in [-0.15, -0.1) is 0 Å². The maximum Gasteiger partial charge on any atom is 0.312 e. The van der Waals surface area contributed by atoms with Crippen molar-refractivity contribution < 1.29 is 23.8 Å². The summed E-state index contributed by atoms with van der Waals surface area (Å²) < 4.78 is 17.5. The summed E-state index contributed by atoms with van der Waals surface area (Å²) in [4.78, 5) is 13.0. The molecular weight excluding hydrogens is 579 g/mol. The molecule has 0 aliphatic heterocycles. The molecule has 1 heterocycles. The third-order valence-corrected chi connectivity index (χ3v) is 7.42. The normalized spacial score (nSPS) is 14.8. The summed E-state index contributed by atoms with van der Waals surface area (Å²) in [5.74, 6) is 1.33. The van der Waals surface area contributed by atoms with E-state index in [0.29, 0.717) is 25.2 Å². The fourth-order valence-electron chi connectivity index (χ4n) is 4.41. The Morgan fingerprint density at radius 2 is 1.70 bits per heavy atom. The van der Waals surface area contributed by atoms with Crippen LogP contribution in [0, 0.1) is 10.8 Å². The highest BCUT2D eigenvalue weighted by molar-refractivity contribution is 14.1. The molecule has 0 fully saturated rings. The Kier molecular flexibility index (Phi) is 9.73. The van der Waals surface area contributed by atoms with Crippen LogP contribution in [0.2, 0.25) is 0 Å². The van der Waals surface area contributed by atoms with Crippen LogP contribution in [0.25, 0.3) is 22.3 Å². The second-order valence-electron chi connectivity index (χ2n) is 11.8. The molecule has 0 radical (unpaired) electrons. The third-order valence-electron chi connectivity index (χ3n) is 7.04. The van der Waals surface area contributed by atoms with Gasteiger partial charge >= 0.3 is 5.97 Å². The van der Waals surface area contributed by atoms with Crippen molar-refractivity contribution in [2.24, 2.45) is 10.8 Å². The Labute approximate surface area is 235 Å². The summed E-state index contributed by atoms with van der Waals surface area (Å²) in [6.45, 7) is 13.1. The molecule has 0 aliphatic rings. The molecule has 3 aromatic rings. The van der Waals surface area contributed by atoms with Gasteiger partial charge in [0.25, 0.3) is 0 Å². The van der Waals surface area contributed by atoms with Crippen LogP contribution in [0.1, 0.15) is 67.2 Å². The Morgan fingerprint density at radius 3 is 2.35 bits per heavy atom. The van der Waals surface area contributed by atoms with E-state index in [2.05, 4.69) is 57.2 Å². The van der Waals surface area contributed by atoms with Crippen LogP contribution in [0.5, 0.6) is 5.75 Å². The first-order chi connectivity index (χ1) is 17.3. The molecule has 0 spiro atoms. The van der Waals surface area contributed by atoms with Crippen LogP contribution in [0.15, 0.2) is 59.0 Å². The molecule has 2 atom stereocenters. The molecule has 2 aromatic carbocycles. The standard InChI is InChI=1S/C31H41IO5/c1-29(2,3)31(6,21-30(4,5)32)28(34)35-17-11-10-14-24(33)20-36-25-16-15-23-18-26(37-27(23)19-25)22-12-8-7-9-13-22/h7-9,12-13,15-16,18-19,24,33H,10-11,14,17,20-21H2,1-6H3. The number of esters is 1. The predicted octanol–water partition coefficient (Wildman–Crippen LogP) is 8.21. The Bertz CT molecular complexity index is 1160. The number of benzene rings is 2. The minimum absolute atomic E-state index is 0.00539. The zero-order chi connectivity index (χ0) is 27.3. The number of aliphatic hydroxyl groups is 1. The highest BCUT2D eigenvalue weighted by atomic mass is 127. The smallest absolute Gasteiger partial charge is 0.312 e. The highest BCUT2D eigenvalue weighted by Gasteiger charge is 2.48. The van der Waals surface area contributed by atoms with Crippen molar-refractivity contribution in [2.75, 3.05) is 13.2 Å². The summed E-state index contributed by atoms with van der Waals surface area (Å²) >= 11 is 2.40. The van der Waals surface area contributed by atoms with Gasteiger partial charge in [-0.05, 0) is 56.2 Å². The quantitative estimate of drug-likeness (QED) is 0.0957. The van der Waals surface area contributed by atoms with Gasteiger partial charge in [-0.2, -0.15) is 0 Å². The molecule has 6 heteroatoms. The van der Waals surface area contributed by atoms with Crippen molar-refractivity contribution in [3.8, 4) is 17.1 Å². The van der Waals surface area contributed by atoms with E-state index >= 15 is 0 Å². The number of ether oxygens (including phenoxy) is 2. The Hall–Kier alpha value is -2.06. The summed E-state index contributed by atoms with van der Waals surface area (Å²) in [6.07, 6.45) is 2.19. The number of aliphatic hydroxyl groups excluding tert-OH is 1. The Morgan fingerprint density at radius 1 is 1.00 bits per heavy atom. The van der Waals surface area contributed by atoms with Crippen molar-refractivity contribution in [1.82, 2.24) is 0 Å². The number of carbonyl (C=O) groups is 1. The topological polar surface area (TPSA) is 68.9 Å². The van der Waals surface area contributed by atoms with Crippen LogP contribution in [0.3, 0.4) is 0 Å². The molecule has 0 aliphatic carbocycles. The number of halogens is 1. The lowest BCUT2D eigenvalue weighted by Crippen LogP contribution is -2.45. The molecule has 2 unspecified atom stereocenters. The summed E-state index contributed by atoms with van der Waals surface area (Å²) in [5.41, 5.74) is 1.00. The number of fused-ring (bicyclic) bond motifs is 1. The van der Waals surface area contributed by atoms with Gasteiger partial charge in [0.1, 0.15) is 23.7 Å². The van der Waals surface area contributed by atoms with Crippen molar-refractivity contribution in [3.05, 3.63) is 54.6 Å². The van der Waals surface area contributed by atoms with Gasteiger partial charge in [0, 0.05) is 20.4 Å². The van der Waals surface area contributed by atoms with Crippen LogP contribution < -0.4 is 4.74 Å². The van der Waals surface area contributed by atoms with E-state index in [-0.39, 0.29) is 21.4 Å². The fraction of sp³-hybridized carbons (Fsp3) is 0.516. The monoisotopic (exact) mass is 620 g/mol. The number of rotatable bonds is 12. The van der Waals surface area contributed by atoms with E-state index in [1.165, 1.54) is 0 Å². The number of furan rings is 1. The van der Waals surface area contributed by atoms with E-state index in [0.717, 1.165) is 35.1 Å². The molecule has 202 valence electrons. The van der Waals surface area contributed by atoms with Gasteiger partial charge < -0.3 is 19.0 Å². The second kappa shape index (κ2) is 12.2. The maximum atomic E-state index is 13.0. The largest absolute Gasteiger partial charge is 0.491 e. The van der Waals surface area contributed by atoms with E-state index in [9.17, 15) is 9.90 Å². The van der Waals surface area contributed by atoms with Crippen LogP contribution >= 0.6 is 22.6 Å². The van der Waals surface area contributed by atoms with E-state index < -0.39 is 11.5 Å². The zero-order valence-corrected chi connectivity index (χ0v) is 25.1. The molecule has 0 bridgehead atoms. The number of hydrogen-bond donors (Lipinski definition) is 1. The average Bonchev–Trinajstić information content (AvgIpc) is 3.24. The lowest BCUT2D eigenvalue weighted by atomic mass is 9.64. The summed E-state index contributed by atoms with van der Waals surface area (Å²) in [6, 6.07) is 17.7. The molecule has 0 saturated carbocycles. The number of unbranched alkanes of at least 4 members (excludes halogenated alkanes) is 1.